The summed E-state index contributed by atoms with van der Waals surface area (Å²) in [5.74, 6) is -2.18. The summed E-state index contributed by atoms with van der Waals surface area (Å²) >= 11 is 0. The number of aromatic amines is 1. The lowest BCUT2D eigenvalue weighted by Gasteiger charge is -2.40. The minimum atomic E-state index is -1.50. The fraction of sp³-hybridized carbons (Fsp3) is 0.438. The van der Waals surface area contributed by atoms with E-state index in [1.807, 2.05) is 54.6 Å². The van der Waals surface area contributed by atoms with Crippen molar-refractivity contribution in [3.8, 4) is 0 Å². The van der Waals surface area contributed by atoms with Gasteiger partial charge in [0.1, 0.15) is 18.2 Å². The first-order chi connectivity index (χ1) is 20.5. The van der Waals surface area contributed by atoms with Gasteiger partial charge in [0.05, 0.1) is 18.1 Å². The summed E-state index contributed by atoms with van der Waals surface area (Å²) in [5, 5.41) is 28.1. The van der Waals surface area contributed by atoms with Gasteiger partial charge in [-0.3, -0.25) is 14.4 Å². The number of carbonyl (C=O) groups excluding carboxylic acids is 3. The van der Waals surface area contributed by atoms with Crippen molar-refractivity contribution in [1.29, 1.82) is 0 Å². The molecule has 4 unspecified atom stereocenters. The third-order valence-electron chi connectivity index (χ3n) is 8.27. The number of fused-ring (bicyclic) bond motifs is 1. The maximum atomic E-state index is 13.9. The Balaban J connectivity index is 1.55. The Bertz CT molecular complexity index is 1440. The summed E-state index contributed by atoms with van der Waals surface area (Å²) in [6.45, 7) is 2.42. The fourth-order valence-electron chi connectivity index (χ4n) is 5.74. The number of nitrogens with one attached hydrogen (secondary N) is 4. The number of aliphatic carboxylic acids is 1. The summed E-state index contributed by atoms with van der Waals surface area (Å²) in [7, 11) is 0. The molecule has 0 saturated heterocycles. The number of hydrogen-bond acceptors (Lipinski definition) is 6. The minimum Gasteiger partial charge on any atom is -0.480 e. The Morgan fingerprint density at radius 3 is 2.53 bits per heavy atom. The third kappa shape index (κ3) is 7.72. The zero-order valence-corrected chi connectivity index (χ0v) is 24.5. The van der Waals surface area contributed by atoms with Gasteiger partial charge < -0.3 is 35.9 Å². The molecule has 230 valence electrons. The number of para-hydroxylation sites is 1. The van der Waals surface area contributed by atoms with Crippen LogP contribution in [0, 0.1) is 5.41 Å². The number of aliphatic hydroxyl groups is 1. The van der Waals surface area contributed by atoms with E-state index in [9.17, 15) is 24.3 Å². The smallest absolute Gasteiger partial charge is 0.408 e. The molecule has 0 radical (unpaired) electrons. The van der Waals surface area contributed by atoms with Gasteiger partial charge >= 0.3 is 12.1 Å². The third-order valence-corrected chi connectivity index (χ3v) is 8.27. The van der Waals surface area contributed by atoms with E-state index in [-0.39, 0.29) is 13.0 Å². The van der Waals surface area contributed by atoms with Crippen LogP contribution in [0.25, 0.3) is 10.9 Å². The minimum absolute atomic E-state index is 0.114. The maximum absolute atomic E-state index is 13.9. The van der Waals surface area contributed by atoms with E-state index >= 15 is 0 Å². The van der Waals surface area contributed by atoms with Crippen molar-refractivity contribution >= 4 is 34.8 Å². The van der Waals surface area contributed by atoms with Crippen LogP contribution in [0.15, 0.2) is 60.8 Å². The first-order valence-electron chi connectivity index (χ1n) is 14.5. The molecule has 3 aromatic rings. The second kappa shape index (κ2) is 13.7. The van der Waals surface area contributed by atoms with Gasteiger partial charge in [0.15, 0.2) is 0 Å². The number of aromatic nitrogens is 1. The molecule has 6 N–H and O–H groups in total. The van der Waals surface area contributed by atoms with Crippen LogP contribution in [0.4, 0.5) is 4.79 Å². The lowest BCUT2D eigenvalue weighted by atomic mass is 9.72. The molecule has 4 rings (SSSR count). The van der Waals surface area contributed by atoms with Gasteiger partial charge in [0.25, 0.3) is 0 Å². The van der Waals surface area contributed by atoms with Crippen molar-refractivity contribution in [3.05, 3.63) is 71.9 Å². The highest BCUT2D eigenvalue weighted by atomic mass is 16.6. The maximum Gasteiger partial charge on any atom is 0.408 e. The molecule has 0 bridgehead atoms. The largest absolute Gasteiger partial charge is 0.480 e. The lowest BCUT2D eigenvalue weighted by Crippen LogP contribution is -2.61. The molecule has 1 saturated carbocycles. The molecule has 11 nitrogen and oxygen atoms in total. The molecule has 2 aromatic carbocycles. The van der Waals surface area contributed by atoms with E-state index in [1.54, 1.807) is 20.0 Å². The number of ether oxygens (including phenoxy) is 1. The van der Waals surface area contributed by atoms with Crippen molar-refractivity contribution in [3.63, 3.8) is 0 Å². The summed E-state index contributed by atoms with van der Waals surface area (Å²) < 4.78 is 5.82. The van der Waals surface area contributed by atoms with E-state index in [0.717, 1.165) is 34.9 Å². The van der Waals surface area contributed by atoms with E-state index in [2.05, 4.69) is 20.9 Å². The summed E-state index contributed by atoms with van der Waals surface area (Å²) in [6, 6.07) is 16.5. The second-order valence-electron chi connectivity index (χ2n) is 11.7. The van der Waals surface area contributed by atoms with Gasteiger partial charge in [0, 0.05) is 23.5 Å². The van der Waals surface area contributed by atoms with Crippen molar-refractivity contribution < 1.29 is 34.1 Å². The van der Waals surface area contributed by atoms with E-state index in [0.29, 0.717) is 19.3 Å². The first-order valence-corrected chi connectivity index (χ1v) is 14.5. The van der Waals surface area contributed by atoms with Crippen LogP contribution < -0.4 is 16.0 Å². The highest BCUT2D eigenvalue weighted by molar-refractivity contribution is 5.92. The van der Waals surface area contributed by atoms with Gasteiger partial charge in [-0.25, -0.2) is 4.79 Å². The van der Waals surface area contributed by atoms with Crippen LogP contribution in [0.1, 0.15) is 50.7 Å². The average Bonchev–Trinajstić information content (AvgIpc) is 3.39. The topological polar surface area (TPSA) is 170 Å². The van der Waals surface area contributed by atoms with Crippen LogP contribution in [-0.4, -0.2) is 69.9 Å². The molecule has 0 spiro atoms. The number of alkyl carbamates (subject to hydrolysis) is 1. The SMILES string of the molecule is CC(Cc1c[nH]c2ccccc12)(NC(=O)OC1CCCCC1(C)C(=O)NCC(=O)O)C(=O)NC(CO)Cc1ccccc1. The Hall–Kier alpha value is -4.38. The van der Waals surface area contributed by atoms with Crippen LogP contribution in [0.5, 0.6) is 0 Å². The van der Waals surface area contributed by atoms with Crippen molar-refractivity contribution in [2.75, 3.05) is 13.2 Å². The van der Waals surface area contributed by atoms with Crippen LogP contribution in [0.2, 0.25) is 0 Å². The normalized spacial score (nSPS) is 20.4. The van der Waals surface area contributed by atoms with Crippen molar-refractivity contribution in [2.24, 2.45) is 5.41 Å². The van der Waals surface area contributed by atoms with E-state index in [1.165, 1.54) is 0 Å². The quantitative estimate of drug-likeness (QED) is 0.188. The number of hydrogen-bond donors (Lipinski definition) is 6. The summed E-state index contributed by atoms with van der Waals surface area (Å²) in [6.07, 6.45) is 2.89. The highest BCUT2D eigenvalue weighted by Crippen LogP contribution is 2.38. The molecule has 0 aliphatic heterocycles. The molecule has 1 aliphatic rings. The van der Waals surface area contributed by atoms with Crippen LogP contribution >= 0.6 is 0 Å². The van der Waals surface area contributed by atoms with Crippen molar-refractivity contribution in [1.82, 2.24) is 20.9 Å². The van der Waals surface area contributed by atoms with E-state index < -0.39 is 53.5 Å². The lowest BCUT2D eigenvalue weighted by molar-refractivity contribution is -0.144. The number of rotatable bonds is 12. The number of benzene rings is 2. The Kier molecular flexibility index (Phi) is 10.1. The molecule has 11 heteroatoms. The molecule has 43 heavy (non-hydrogen) atoms. The Morgan fingerprint density at radius 1 is 1.09 bits per heavy atom. The molecular weight excluding hydrogens is 552 g/mol. The van der Waals surface area contributed by atoms with Gasteiger partial charge in [-0.05, 0) is 56.7 Å². The first kappa shape index (κ1) is 31.6. The predicted molar refractivity (Wildman–Crippen MR) is 160 cm³/mol. The van der Waals surface area contributed by atoms with Gasteiger partial charge in [0.2, 0.25) is 11.8 Å². The number of carboxylic acids is 1. The molecule has 4 atom stereocenters. The second-order valence-corrected chi connectivity index (χ2v) is 11.7. The highest BCUT2D eigenvalue weighted by Gasteiger charge is 2.46. The summed E-state index contributed by atoms with van der Waals surface area (Å²) in [4.78, 5) is 54.5. The molecule has 1 aromatic heterocycles. The van der Waals surface area contributed by atoms with Crippen LogP contribution in [-0.2, 0) is 32.0 Å². The summed E-state index contributed by atoms with van der Waals surface area (Å²) in [5.41, 5.74) is -0.00965. The number of carboxylic acid groups (broad SMARTS) is 1. The van der Waals surface area contributed by atoms with Crippen molar-refractivity contribution in [2.45, 2.75) is 70.1 Å². The number of carbonyl (C=O) groups is 4. The molecule has 1 fully saturated rings. The van der Waals surface area contributed by atoms with Gasteiger partial charge in [-0.1, -0.05) is 55.0 Å². The Morgan fingerprint density at radius 2 is 1.81 bits per heavy atom. The molecule has 1 aliphatic carbocycles. The van der Waals surface area contributed by atoms with Gasteiger partial charge in [-0.15, -0.1) is 0 Å². The predicted octanol–water partition coefficient (Wildman–Crippen LogP) is 3.06. The fourth-order valence-corrected chi connectivity index (χ4v) is 5.74. The van der Waals surface area contributed by atoms with Gasteiger partial charge in [-0.2, -0.15) is 0 Å². The monoisotopic (exact) mass is 592 g/mol. The molecule has 1 heterocycles. The average molecular weight is 593 g/mol. The Labute approximate surface area is 250 Å². The molecular formula is C32H40N4O7. The number of H-pyrrole nitrogens is 1. The standard InChI is InChI=1S/C32H40N4O7/c1-31(28(40)34-19-27(38)39)15-9-8-14-26(31)43-30(42)36-32(2,17-22-18-33-25-13-7-6-12-24(22)25)29(41)35-23(20-37)16-21-10-4-3-5-11-21/h3-7,10-13,18,23,26,33,37H,8-9,14-17,19-20H2,1-2H3,(H,34,40)(H,35,41)(H,36,42)(H,38,39). The number of amides is 3. The molecule has 3 amide bonds. The van der Waals surface area contributed by atoms with Crippen LogP contribution in [0.3, 0.4) is 0 Å². The number of aliphatic hydroxyl groups excluding tert-OH is 1. The zero-order valence-electron chi connectivity index (χ0n) is 24.5. The zero-order chi connectivity index (χ0) is 31.0. The van der Waals surface area contributed by atoms with E-state index in [4.69, 9.17) is 9.84 Å².